The molecule has 0 saturated carbocycles. The van der Waals surface area contributed by atoms with Gasteiger partial charge >= 0.3 is 5.97 Å². The molecule has 0 aliphatic carbocycles. The molecule has 1 aliphatic rings. The van der Waals surface area contributed by atoms with Gasteiger partial charge < -0.3 is 5.11 Å². The van der Waals surface area contributed by atoms with Gasteiger partial charge in [-0.1, -0.05) is 12.8 Å². The summed E-state index contributed by atoms with van der Waals surface area (Å²) in [5.74, 6) is -0.849. The summed E-state index contributed by atoms with van der Waals surface area (Å²) in [5, 5.41) is 9.75. The molecule has 5 nitrogen and oxygen atoms in total. The molecule has 0 amide bonds. The summed E-state index contributed by atoms with van der Waals surface area (Å²) >= 11 is 0. The number of carbonyl (C=O) groups is 1. The molecule has 0 radical (unpaired) electrons. The van der Waals surface area contributed by atoms with Crippen LogP contribution in [-0.4, -0.2) is 39.0 Å². The lowest BCUT2D eigenvalue weighted by Gasteiger charge is -2.37. The van der Waals surface area contributed by atoms with E-state index in [2.05, 4.69) is 9.97 Å². The molecule has 1 aromatic rings. The molecule has 2 heterocycles. The highest BCUT2D eigenvalue weighted by Crippen LogP contribution is 2.31. The molecule has 1 saturated heterocycles. The van der Waals surface area contributed by atoms with Gasteiger partial charge in [-0.3, -0.25) is 14.9 Å². The smallest absolute Gasteiger partial charge is 0.330 e. The third kappa shape index (κ3) is 2.61. The summed E-state index contributed by atoms with van der Waals surface area (Å²) in [5.41, 5.74) is 0.170. The molecule has 1 unspecified atom stereocenters. The Hall–Kier alpha value is -1.49. The average molecular weight is 263 g/mol. The van der Waals surface area contributed by atoms with Crippen LogP contribution in [0.15, 0.2) is 12.4 Å². The van der Waals surface area contributed by atoms with E-state index in [1.165, 1.54) is 12.8 Å². The second kappa shape index (κ2) is 5.65. The zero-order valence-electron chi connectivity index (χ0n) is 11.6. The minimum atomic E-state index is -1.08. The van der Waals surface area contributed by atoms with Gasteiger partial charge in [0.25, 0.3) is 0 Å². The molecule has 5 heteroatoms. The van der Waals surface area contributed by atoms with Gasteiger partial charge in [-0.25, -0.2) is 4.79 Å². The maximum atomic E-state index is 11.9. The van der Waals surface area contributed by atoms with Crippen LogP contribution >= 0.6 is 0 Å². The Labute approximate surface area is 113 Å². The zero-order chi connectivity index (χ0) is 13.9. The van der Waals surface area contributed by atoms with Crippen molar-refractivity contribution < 1.29 is 9.90 Å². The van der Waals surface area contributed by atoms with Crippen LogP contribution in [0, 0.1) is 6.92 Å². The van der Waals surface area contributed by atoms with Crippen LogP contribution in [-0.2, 0) is 10.3 Å². The lowest BCUT2D eigenvalue weighted by atomic mass is 9.93. The van der Waals surface area contributed by atoms with E-state index in [9.17, 15) is 9.90 Å². The van der Waals surface area contributed by atoms with Crippen molar-refractivity contribution in [3.8, 4) is 0 Å². The van der Waals surface area contributed by atoms with E-state index in [4.69, 9.17) is 0 Å². The molecule has 0 bridgehead atoms. The minimum Gasteiger partial charge on any atom is -0.480 e. The third-order valence-corrected chi connectivity index (χ3v) is 4.00. The Kier molecular flexibility index (Phi) is 4.14. The first-order valence-electron chi connectivity index (χ1n) is 6.83. The number of aromatic nitrogens is 2. The fourth-order valence-corrected chi connectivity index (χ4v) is 2.79. The first-order valence-corrected chi connectivity index (χ1v) is 6.83. The molecular weight excluding hydrogens is 242 g/mol. The van der Waals surface area contributed by atoms with Crippen molar-refractivity contribution in [2.24, 2.45) is 0 Å². The summed E-state index contributed by atoms with van der Waals surface area (Å²) < 4.78 is 0. The fraction of sp³-hybridized carbons (Fsp3) is 0.643. The highest BCUT2D eigenvalue weighted by Gasteiger charge is 2.43. The maximum Gasteiger partial charge on any atom is 0.330 e. The van der Waals surface area contributed by atoms with Crippen LogP contribution < -0.4 is 0 Å². The van der Waals surface area contributed by atoms with Gasteiger partial charge in [0.05, 0.1) is 11.4 Å². The first kappa shape index (κ1) is 13.9. The van der Waals surface area contributed by atoms with Gasteiger partial charge in [-0.15, -0.1) is 0 Å². The highest BCUT2D eigenvalue weighted by atomic mass is 16.4. The van der Waals surface area contributed by atoms with Crippen LogP contribution in [0.4, 0.5) is 0 Å². The molecule has 2 rings (SSSR count). The SMILES string of the molecule is Cc1nccnc1C(C)(C(=O)O)N1CCCCCC1. The van der Waals surface area contributed by atoms with Crippen LogP contribution in [0.3, 0.4) is 0 Å². The van der Waals surface area contributed by atoms with Gasteiger partial charge in [0.15, 0.2) is 5.54 Å². The van der Waals surface area contributed by atoms with Crippen LogP contribution in [0.1, 0.15) is 44.0 Å². The molecule has 0 spiro atoms. The quantitative estimate of drug-likeness (QED) is 0.903. The fourth-order valence-electron chi connectivity index (χ4n) is 2.79. The zero-order valence-corrected chi connectivity index (χ0v) is 11.6. The maximum absolute atomic E-state index is 11.9. The second-order valence-corrected chi connectivity index (χ2v) is 5.27. The molecule has 1 aliphatic heterocycles. The number of hydrogen-bond donors (Lipinski definition) is 1. The lowest BCUT2D eigenvalue weighted by Crippen LogP contribution is -2.51. The molecule has 1 N–H and O–H groups in total. The Balaban J connectivity index is 2.42. The number of carboxylic acid groups (broad SMARTS) is 1. The Bertz CT molecular complexity index is 456. The third-order valence-electron chi connectivity index (χ3n) is 4.00. The van der Waals surface area contributed by atoms with Crippen LogP contribution in [0.2, 0.25) is 0 Å². The Morgan fingerprint density at radius 2 is 1.79 bits per heavy atom. The minimum absolute atomic E-state index is 0.560. The topological polar surface area (TPSA) is 66.3 Å². The van der Waals surface area contributed by atoms with E-state index in [0.29, 0.717) is 11.4 Å². The van der Waals surface area contributed by atoms with Crippen molar-refractivity contribution in [3.63, 3.8) is 0 Å². The number of aliphatic carboxylic acids is 1. The first-order chi connectivity index (χ1) is 9.06. The monoisotopic (exact) mass is 263 g/mol. The van der Waals surface area contributed by atoms with E-state index < -0.39 is 11.5 Å². The number of nitrogens with zero attached hydrogens (tertiary/aromatic N) is 3. The summed E-state index contributed by atoms with van der Waals surface area (Å²) in [4.78, 5) is 22.4. The molecule has 0 aromatic carbocycles. The van der Waals surface area contributed by atoms with Gasteiger partial charge in [0.2, 0.25) is 0 Å². The van der Waals surface area contributed by atoms with E-state index in [1.807, 2.05) is 11.8 Å². The summed E-state index contributed by atoms with van der Waals surface area (Å²) in [6.45, 7) is 5.18. The van der Waals surface area contributed by atoms with Crippen molar-refractivity contribution >= 4 is 5.97 Å². The number of rotatable bonds is 3. The van der Waals surface area contributed by atoms with E-state index in [0.717, 1.165) is 25.9 Å². The van der Waals surface area contributed by atoms with Crippen LogP contribution in [0.5, 0.6) is 0 Å². The molecule has 104 valence electrons. The molecule has 19 heavy (non-hydrogen) atoms. The highest BCUT2D eigenvalue weighted by molar-refractivity contribution is 5.80. The molecule has 1 fully saturated rings. The van der Waals surface area contributed by atoms with Crippen LogP contribution in [0.25, 0.3) is 0 Å². The summed E-state index contributed by atoms with van der Waals surface area (Å²) in [7, 11) is 0. The van der Waals surface area contributed by atoms with Crippen molar-refractivity contribution in [2.45, 2.75) is 45.1 Å². The molecular formula is C14H21N3O2. The van der Waals surface area contributed by atoms with Crippen molar-refractivity contribution in [1.29, 1.82) is 0 Å². The number of carboxylic acids is 1. The van der Waals surface area contributed by atoms with E-state index >= 15 is 0 Å². The lowest BCUT2D eigenvalue weighted by molar-refractivity contribution is -0.151. The van der Waals surface area contributed by atoms with Gasteiger partial charge in [0.1, 0.15) is 0 Å². The number of hydrogen-bond acceptors (Lipinski definition) is 4. The molecule has 1 atom stereocenters. The standard InChI is InChI=1S/C14H21N3O2/c1-11-12(16-8-7-15-11)14(2,13(18)19)17-9-5-3-4-6-10-17/h7-8H,3-6,9-10H2,1-2H3,(H,18,19). The van der Waals surface area contributed by atoms with Crippen molar-refractivity contribution in [1.82, 2.24) is 14.9 Å². The predicted octanol–water partition coefficient (Wildman–Crippen LogP) is 1.96. The summed E-state index contributed by atoms with van der Waals surface area (Å²) in [6, 6.07) is 0. The molecule has 1 aromatic heterocycles. The van der Waals surface area contributed by atoms with E-state index in [-0.39, 0.29) is 0 Å². The largest absolute Gasteiger partial charge is 0.480 e. The van der Waals surface area contributed by atoms with Gasteiger partial charge in [-0.05, 0) is 39.8 Å². The Morgan fingerprint density at radius 1 is 1.21 bits per heavy atom. The Morgan fingerprint density at radius 3 is 2.32 bits per heavy atom. The second-order valence-electron chi connectivity index (χ2n) is 5.27. The summed E-state index contributed by atoms with van der Waals surface area (Å²) in [6.07, 6.45) is 7.60. The van der Waals surface area contributed by atoms with Gasteiger partial charge in [0, 0.05) is 12.4 Å². The average Bonchev–Trinajstić information content (AvgIpc) is 2.67. The van der Waals surface area contributed by atoms with E-state index in [1.54, 1.807) is 19.3 Å². The normalized spacial score (nSPS) is 20.5. The van der Waals surface area contributed by atoms with Crippen molar-refractivity contribution in [3.05, 3.63) is 23.8 Å². The predicted molar refractivity (Wildman–Crippen MR) is 71.8 cm³/mol. The number of aryl methyl sites for hydroxylation is 1. The van der Waals surface area contributed by atoms with Crippen molar-refractivity contribution in [2.75, 3.05) is 13.1 Å². The van der Waals surface area contributed by atoms with Gasteiger partial charge in [-0.2, -0.15) is 0 Å². The number of likely N-dealkylation sites (tertiary alicyclic amines) is 1.